The molecule has 1 saturated carbocycles. The molecule has 3 aromatic rings. The van der Waals surface area contributed by atoms with Crippen LogP contribution in [0.4, 0.5) is 14.7 Å². The van der Waals surface area contributed by atoms with Gasteiger partial charge in [0.15, 0.2) is 0 Å². The lowest BCUT2D eigenvalue weighted by Gasteiger charge is -2.57. The van der Waals surface area contributed by atoms with Gasteiger partial charge < -0.3 is 15.3 Å². The van der Waals surface area contributed by atoms with Crippen molar-refractivity contribution in [1.82, 2.24) is 25.5 Å². The number of pyridine rings is 1. The molecule has 0 unspecified atom stereocenters. The minimum Gasteiger partial charge on any atom is -0.507 e. The zero-order chi connectivity index (χ0) is 29.2. The van der Waals surface area contributed by atoms with Crippen molar-refractivity contribution in [3.05, 3.63) is 42.5 Å². The molecule has 38 heavy (non-hydrogen) atoms. The lowest BCUT2D eigenvalue weighted by Crippen LogP contribution is -2.73. The zero-order valence-electron chi connectivity index (χ0n) is 24.3. The van der Waals surface area contributed by atoms with E-state index in [0.717, 1.165) is 38.3 Å². The van der Waals surface area contributed by atoms with E-state index in [1.165, 1.54) is 18.3 Å². The molecule has 200 valence electrons. The largest absolute Gasteiger partial charge is 0.507 e. The summed E-state index contributed by atoms with van der Waals surface area (Å²) < 4.78 is 52.9. The summed E-state index contributed by atoms with van der Waals surface area (Å²) in [6, 6.07) is 5.73. The fourth-order valence-electron chi connectivity index (χ4n) is 6.31. The first-order valence-electron chi connectivity index (χ1n) is 14.4. The normalized spacial score (nSPS) is 30.3. The van der Waals surface area contributed by atoms with E-state index in [9.17, 15) is 9.50 Å². The number of aromatic hydroxyl groups is 1. The number of fused-ring (bicyclic) bond motifs is 2. The van der Waals surface area contributed by atoms with Crippen molar-refractivity contribution in [1.29, 1.82) is 0 Å². The second-order valence-electron chi connectivity index (χ2n) is 11.2. The SMILES string of the molecule is [2H]C([2H])([2H])Sc1cc(-c2ccc(-c3cnc(N(C4CC4)[C@@H]4C[C@@]5(C)CCC[C@](C)(N5)[C@@H]4F)nn3)c(O)c2)c(F)cn1. The molecule has 0 spiro atoms. The number of alkyl halides is 1. The third-order valence-electron chi connectivity index (χ3n) is 8.22. The average molecular weight is 542 g/mol. The second-order valence-corrected chi connectivity index (χ2v) is 11.9. The van der Waals surface area contributed by atoms with Gasteiger partial charge in [-0.1, -0.05) is 6.07 Å². The molecular formula is C28H32F2N6OS. The maximum atomic E-state index is 16.0. The number of hydrogen-bond acceptors (Lipinski definition) is 8. The van der Waals surface area contributed by atoms with Gasteiger partial charge in [0.2, 0.25) is 5.95 Å². The number of rotatable bonds is 6. The highest BCUT2D eigenvalue weighted by Gasteiger charge is 2.56. The summed E-state index contributed by atoms with van der Waals surface area (Å²) in [5.74, 6) is -0.429. The first-order valence-corrected chi connectivity index (χ1v) is 13.8. The Kier molecular flexibility index (Phi) is 5.45. The van der Waals surface area contributed by atoms with Gasteiger partial charge in [0, 0.05) is 32.4 Å². The molecule has 1 aromatic carbocycles. The maximum Gasteiger partial charge on any atom is 0.245 e. The van der Waals surface area contributed by atoms with Gasteiger partial charge in [0.25, 0.3) is 0 Å². The van der Waals surface area contributed by atoms with Gasteiger partial charge in [0.1, 0.15) is 23.4 Å². The Morgan fingerprint density at radius 2 is 1.97 bits per heavy atom. The van der Waals surface area contributed by atoms with Crippen LogP contribution in [0.15, 0.2) is 41.7 Å². The molecule has 2 aliphatic heterocycles. The monoisotopic (exact) mass is 541 g/mol. The van der Waals surface area contributed by atoms with Crippen LogP contribution in [0.3, 0.4) is 0 Å². The molecule has 10 heteroatoms. The molecule has 2 aromatic heterocycles. The summed E-state index contributed by atoms with van der Waals surface area (Å²) in [6.07, 6.45) is 4.43. The first-order chi connectivity index (χ1) is 19.3. The van der Waals surface area contributed by atoms with Crippen LogP contribution in [-0.4, -0.2) is 60.8 Å². The van der Waals surface area contributed by atoms with Crippen LogP contribution in [0.2, 0.25) is 0 Å². The topological polar surface area (TPSA) is 87.1 Å². The van der Waals surface area contributed by atoms with Crippen molar-refractivity contribution >= 4 is 17.7 Å². The predicted octanol–water partition coefficient (Wildman–Crippen LogP) is 5.54. The van der Waals surface area contributed by atoms with E-state index >= 15 is 4.39 Å². The molecule has 4 heterocycles. The van der Waals surface area contributed by atoms with E-state index in [1.807, 2.05) is 11.8 Å². The number of phenols is 1. The first kappa shape index (κ1) is 22.0. The molecule has 0 radical (unpaired) electrons. The molecule has 1 aliphatic carbocycles. The predicted molar refractivity (Wildman–Crippen MR) is 144 cm³/mol. The van der Waals surface area contributed by atoms with Crippen LogP contribution in [0.5, 0.6) is 5.75 Å². The van der Waals surface area contributed by atoms with Crippen molar-refractivity contribution in [3.8, 4) is 28.1 Å². The summed E-state index contributed by atoms with van der Waals surface area (Å²) in [4.78, 5) is 10.4. The molecular weight excluding hydrogens is 506 g/mol. The Balaban J connectivity index is 1.26. The third kappa shape index (κ3) is 4.51. The molecule has 4 atom stereocenters. The standard InChI is InChI=1S/C28H32F2N6OS/c1-27-9-4-10-28(2,35-27)25(30)22(13-27)36(17-6-7-17)26-32-15-21(33-34-26)18-8-5-16(11-23(18)37)19-12-24(38-3)31-14-20(19)29/h5,8,11-12,14-15,17,22,25,35,37H,4,6-7,9-10,13H2,1-3H3/t22-,25-,27-,28+/m1/s1/i3D3. The smallest absolute Gasteiger partial charge is 0.245 e. The highest BCUT2D eigenvalue weighted by Crippen LogP contribution is 2.46. The Bertz CT molecular complexity index is 1460. The van der Waals surface area contributed by atoms with Gasteiger partial charge in [0.05, 0.1) is 23.5 Å². The highest BCUT2D eigenvalue weighted by atomic mass is 32.2. The maximum absolute atomic E-state index is 16.0. The Labute approximate surface area is 229 Å². The fourth-order valence-corrected chi connectivity index (χ4v) is 6.59. The number of phenolic OH excluding ortho intramolecular Hbond substituents is 1. The van der Waals surface area contributed by atoms with Gasteiger partial charge in [-0.2, -0.15) is 0 Å². The molecule has 2 saturated heterocycles. The Morgan fingerprint density at radius 1 is 1.13 bits per heavy atom. The van der Waals surface area contributed by atoms with Crippen LogP contribution < -0.4 is 10.2 Å². The molecule has 6 rings (SSSR count). The summed E-state index contributed by atoms with van der Waals surface area (Å²) in [7, 11) is 0. The van der Waals surface area contributed by atoms with Crippen molar-refractivity contribution in [2.45, 2.75) is 86.7 Å². The number of benzene rings is 1. The number of thioether (sulfide) groups is 1. The highest BCUT2D eigenvalue weighted by molar-refractivity contribution is 7.98. The lowest BCUT2D eigenvalue weighted by atomic mass is 9.68. The van der Waals surface area contributed by atoms with Gasteiger partial charge in [-0.15, -0.1) is 22.0 Å². The van der Waals surface area contributed by atoms with Crippen LogP contribution in [0.1, 0.15) is 56.5 Å². The number of hydrogen-bond donors (Lipinski definition) is 2. The van der Waals surface area contributed by atoms with Gasteiger partial charge in [-0.3, -0.25) is 0 Å². The summed E-state index contributed by atoms with van der Waals surface area (Å²) in [5.41, 5.74) is 0.399. The Morgan fingerprint density at radius 3 is 2.68 bits per heavy atom. The number of nitrogens with one attached hydrogen (secondary N) is 1. The molecule has 2 bridgehead atoms. The van der Waals surface area contributed by atoms with Crippen LogP contribution in [0, 0.1) is 5.82 Å². The summed E-state index contributed by atoms with van der Waals surface area (Å²) in [5, 5.41) is 23.3. The molecule has 2 N–H and O–H groups in total. The minimum absolute atomic E-state index is 0.114. The summed E-state index contributed by atoms with van der Waals surface area (Å²) in [6.45, 7) is 4.15. The van der Waals surface area contributed by atoms with E-state index in [4.69, 9.17) is 4.11 Å². The van der Waals surface area contributed by atoms with Crippen molar-refractivity contribution in [2.75, 3.05) is 11.1 Å². The van der Waals surface area contributed by atoms with Crippen LogP contribution in [-0.2, 0) is 0 Å². The number of piperidine rings is 2. The van der Waals surface area contributed by atoms with Gasteiger partial charge >= 0.3 is 0 Å². The molecule has 3 fully saturated rings. The molecule has 0 amide bonds. The number of aromatic nitrogens is 4. The quantitative estimate of drug-likeness (QED) is 0.394. The van der Waals surface area contributed by atoms with E-state index in [0.29, 0.717) is 41.0 Å². The van der Waals surface area contributed by atoms with E-state index in [-0.39, 0.29) is 34.0 Å². The van der Waals surface area contributed by atoms with Crippen molar-refractivity contribution in [3.63, 3.8) is 0 Å². The molecule has 3 aliphatic rings. The van der Waals surface area contributed by atoms with E-state index in [2.05, 4.69) is 32.4 Å². The third-order valence-corrected chi connectivity index (χ3v) is 8.65. The summed E-state index contributed by atoms with van der Waals surface area (Å²) >= 11 is 0.549. The zero-order valence-corrected chi connectivity index (χ0v) is 22.1. The second kappa shape index (κ2) is 9.41. The number of nitrogens with zero attached hydrogens (tertiary/aromatic N) is 5. The minimum atomic E-state index is -2.32. The Hall–Kier alpha value is -2.85. The van der Waals surface area contributed by atoms with E-state index in [1.54, 1.807) is 12.1 Å². The van der Waals surface area contributed by atoms with Crippen LogP contribution in [0.25, 0.3) is 22.4 Å². The number of anilines is 1. The van der Waals surface area contributed by atoms with E-state index < -0.39 is 23.7 Å². The average Bonchev–Trinajstić information content (AvgIpc) is 3.73. The number of halogens is 2. The van der Waals surface area contributed by atoms with Crippen LogP contribution >= 0.6 is 11.8 Å². The van der Waals surface area contributed by atoms with Crippen molar-refractivity contribution < 1.29 is 18.0 Å². The fraction of sp³-hybridized carbons (Fsp3) is 0.500. The molecule has 7 nitrogen and oxygen atoms in total. The van der Waals surface area contributed by atoms with Crippen molar-refractivity contribution in [2.24, 2.45) is 0 Å². The lowest BCUT2D eigenvalue weighted by molar-refractivity contribution is 0.0000874. The van der Waals surface area contributed by atoms with Gasteiger partial charge in [-0.05, 0) is 82.3 Å². The van der Waals surface area contributed by atoms with Gasteiger partial charge in [-0.25, -0.2) is 18.7 Å².